The predicted octanol–water partition coefficient (Wildman–Crippen LogP) is 4.94. The lowest BCUT2D eigenvalue weighted by Crippen LogP contribution is -2.40. The molecule has 128 valence electrons. The maximum absolute atomic E-state index is 12.8. The van der Waals surface area contributed by atoms with Crippen LogP contribution in [0.3, 0.4) is 0 Å². The van der Waals surface area contributed by atoms with Gasteiger partial charge in [0.1, 0.15) is 0 Å². The fourth-order valence-electron chi connectivity index (χ4n) is 2.51. The van der Waals surface area contributed by atoms with Gasteiger partial charge in [-0.25, -0.2) is 5.06 Å². The van der Waals surface area contributed by atoms with E-state index >= 15 is 0 Å². The molecule has 0 saturated heterocycles. The highest BCUT2D eigenvalue weighted by Crippen LogP contribution is 2.25. The van der Waals surface area contributed by atoms with Crippen LogP contribution in [0.15, 0.2) is 60.7 Å². The molecule has 1 amide bonds. The first-order chi connectivity index (χ1) is 11.4. The molecule has 0 N–H and O–H groups in total. The van der Waals surface area contributed by atoms with Gasteiger partial charge in [0.15, 0.2) is 0 Å². The molecule has 24 heavy (non-hydrogen) atoms. The van der Waals surface area contributed by atoms with E-state index in [4.69, 9.17) is 4.84 Å². The molecule has 3 heteroatoms. The SMILES string of the molecule is CC(c1ccccc1)N(OC(C)(C)C)C(=O)CCc1ccccc1. The molecule has 3 nitrogen and oxygen atoms in total. The Morgan fingerprint density at radius 1 is 1.00 bits per heavy atom. The number of hydroxylamine groups is 2. The summed E-state index contributed by atoms with van der Waals surface area (Å²) in [5.41, 5.74) is 1.80. The highest BCUT2D eigenvalue weighted by molar-refractivity contribution is 5.76. The van der Waals surface area contributed by atoms with Crippen molar-refractivity contribution in [1.29, 1.82) is 0 Å². The maximum atomic E-state index is 12.8. The summed E-state index contributed by atoms with van der Waals surface area (Å²) >= 11 is 0. The molecule has 0 aromatic heterocycles. The van der Waals surface area contributed by atoms with E-state index in [0.717, 1.165) is 11.1 Å². The highest BCUT2D eigenvalue weighted by atomic mass is 16.7. The van der Waals surface area contributed by atoms with Crippen LogP contribution >= 0.6 is 0 Å². The van der Waals surface area contributed by atoms with Crippen LogP contribution in [-0.4, -0.2) is 16.6 Å². The van der Waals surface area contributed by atoms with Crippen molar-refractivity contribution in [3.63, 3.8) is 0 Å². The summed E-state index contributed by atoms with van der Waals surface area (Å²) in [6.07, 6.45) is 1.14. The van der Waals surface area contributed by atoms with Crippen molar-refractivity contribution in [2.75, 3.05) is 0 Å². The molecule has 1 atom stereocenters. The van der Waals surface area contributed by atoms with Gasteiger partial charge in [0.2, 0.25) is 5.91 Å². The van der Waals surface area contributed by atoms with Gasteiger partial charge >= 0.3 is 0 Å². The van der Waals surface area contributed by atoms with Crippen molar-refractivity contribution >= 4 is 5.91 Å². The fraction of sp³-hybridized carbons (Fsp3) is 0.381. The molecular weight excluding hydrogens is 298 g/mol. The Labute approximate surface area is 145 Å². The first kappa shape index (κ1) is 18.2. The van der Waals surface area contributed by atoms with Crippen LogP contribution in [0.4, 0.5) is 0 Å². The van der Waals surface area contributed by atoms with E-state index in [1.165, 1.54) is 5.06 Å². The van der Waals surface area contributed by atoms with E-state index < -0.39 is 5.60 Å². The molecular formula is C21H27NO2. The number of hydrogen-bond acceptors (Lipinski definition) is 2. The number of benzene rings is 2. The average Bonchev–Trinajstić information content (AvgIpc) is 2.58. The zero-order valence-corrected chi connectivity index (χ0v) is 15.0. The van der Waals surface area contributed by atoms with Gasteiger partial charge in [-0.1, -0.05) is 60.7 Å². The lowest BCUT2D eigenvalue weighted by atomic mass is 10.1. The van der Waals surface area contributed by atoms with Crippen molar-refractivity contribution in [2.45, 2.75) is 52.2 Å². The minimum atomic E-state index is -0.425. The first-order valence-corrected chi connectivity index (χ1v) is 8.47. The zero-order valence-electron chi connectivity index (χ0n) is 15.0. The van der Waals surface area contributed by atoms with Crippen molar-refractivity contribution in [2.24, 2.45) is 0 Å². The summed E-state index contributed by atoms with van der Waals surface area (Å²) in [6, 6.07) is 19.9. The third-order valence-electron chi connectivity index (χ3n) is 3.72. The number of carbonyl (C=O) groups excluding carboxylic acids is 1. The molecule has 0 fully saturated rings. The van der Waals surface area contributed by atoms with E-state index in [2.05, 4.69) is 0 Å². The molecule has 1 unspecified atom stereocenters. The predicted molar refractivity (Wildman–Crippen MR) is 97.3 cm³/mol. The number of rotatable bonds is 6. The smallest absolute Gasteiger partial charge is 0.247 e. The third kappa shape index (κ3) is 5.50. The second kappa shape index (κ2) is 8.11. The van der Waals surface area contributed by atoms with Gasteiger partial charge in [-0.05, 0) is 45.2 Å². The van der Waals surface area contributed by atoms with Crippen molar-refractivity contribution in [3.05, 3.63) is 71.8 Å². The molecule has 0 spiro atoms. The highest BCUT2D eigenvalue weighted by Gasteiger charge is 2.27. The van der Waals surface area contributed by atoms with Crippen molar-refractivity contribution in [1.82, 2.24) is 5.06 Å². The average molecular weight is 325 g/mol. The van der Waals surface area contributed by atoms with Gasteiger partial charge < -0.3 is 0 Å². The Bertz CT molecular complexity index is 632. The molecule has 2 aromatic rings. The summed E-state index contributed by atoms with van der Waals surface area (Å²) in [5.74, 6) is 0.00475. The molecule has 2 rings (SSSR count). The second-order valence-corrected chi connectivity index (χ2v) is 7.00. The Kier molecular flexibility index (Phi) is 6.16. The molecule has 2 aromatic carbocycles. The van der Waals surface area contributed by atoms with Gasteiger partial charge in [-0.2, -0.15) is 0 Å². The lowest BCUT2D eigenvalue weighted by Gasteiger charge is -2.34. The fourth-order valence-corrected chi connectivity index (χ4v) is 2.51. The molecule has 0 bridgehead atoms. The topological polar surface area (TPSA) is 29.5 Å². The largest absolute Gasteiger partial charge is 0.273 e. The lowest BCUT2D eigenvalue weighted by molar-refractivity contribution is -0.242. The van der Waals surface area contributed by atoms with Crippen LogP contribution in [0.1, 0.15) is 51.3 Å². The standard InChI is InChI=1S/C21H27NO2/c1-17(19-13-9-6-10-14-19)22(24-21(2,3)4)20(23)16-15-18-11-7-5-8-12-18/h5-14,17H,15-16H2,1-4H3. The Morgan fingerprint density at radius 3 is 2.08 bits per heavy atom. The molecule has 0 radical (unpaired) electrons. The van der Waals surface area contributed by atoms with Gasteiger partial charge in [0.05, 0.1) is 11.6 Å². The van der Waals surface area contributed by atoms with E-state index in [1.807, 2.05) is 88.4 Å². The summed E-state index contributed by atoms with van der Waals surface area (Å²) in [5, 5.41) is 1.54. The Balaban J connectivity index is 2.11. The maximum Gasteiger partial charge on any atom is 0.247 e. The normalized spacial score (nSPS) is 12.7. The molecule has 0 aliphatic heterocycles. The van der Waals surface area contributed by atoms with Gasteiger partial charge in [-0.3, -0.25) is 9.63 Å². The van der Waals surface area contributed by atoms with Crippen molar-refractivity contribution < 1.29 is 9.63 Å². The number of aryl methyl sites for hydroxylation is 1. The Morgan fingerprint density at radius 2 is 1.54 bits per heavy atom. The molecule has 0 heterocycles. The number of carbonyl (C=O) groups is 1. The number of nitrogens with zero attached hydrogens (tertiary/aromatic N) is 1. The van der Waals surface area contributed by atoms with E-state index in [9.17, 15) is 4.79 Å². The summed E-state index contributed by atoms with van der Waals surface area (Å²) in [6.45, 7) is 7.88. The monoisotopic (exact) mass is 325 g/mol. The molecule has 0 aliphatic carbocycles. The van der Waals surface area contributed by atoms with Crippen LogP contribution in [0.25, 0.3) is 0 Å². The minimum Gasteiger partial charge on any atom is -0.273 e. The van der Waals surface area contributed by atoms with Gasteiger partial charge in [-0.15, -0.1) is 0 Å². The molecule has 0 aliphatic rings. The molecule has 0 saturated carbocycles. The van der Waals surface area contributed by atoms with Crippen LogP contribution in [-0.2, 0) is 16.1 Å². The van der Waals surface area contributed by atoms with Crippen LogP contribution in [0.5, 0.6) is 0 Å². The summed E-state index contributed by atoms with van der Waals surface area (Å²) < 4.78 is 0. The minimum absolute atomic E-state index is 0.00475. The van der Waals surface area contributed by atoms with E-state index in [1.54, 1.807) is 0 Å². The third-order valence-corrected chi connectivity index (χ3v) is 3.72. The number of amides is 1. The summed E-state index contributed by atoms with van der Waals surface area (Å²) in [7, 11) is 0. The summed E-state index contributed by atoms with van der Waals surface area (Å²) in [4.78, 5) is 18.8. The van der Waals surface area contributed by atoms with Gasteiger partial charge in [0, 0.05) is 6.42 Å². The second-order valence-electron chi connectivity index (χ2n) is 7.00. The quantitative estimate of drug-likeness (QED) is 0.704. The van der Waals surface area contributed by atoms with Crippen LogP contribution in [0.2, 0.25) is 0 Å². The first-order valence-electron chi connectivity index (χ1n) is 8.47. The van der Waals surface area contributed by atoms with E-state index in [-0.39, 0.29) is 11.9 Å². The van der Waals surface area contributed by atoms with E-state index in [0.29, 0.717) is 12.8 Å². The van der Waals surface area contributed by atoms with Crippen molar-refractivity contribution in [3.8, 4) is 0 Å². The van der Waals surface area contributed by atoms with Crippen LogP contribution < -0.4 is 0 Å². The zero-order chi connectivity index (χ0) is 17.6. The van der Waals surface area contributed by atoms with Gasteiger partial charge in [0.25, 0.3) is 0 Å². The van der Waals surface area contributed by atoms with Crippen LogP contribution in [0, 0.1) is 0 Å². The Hall–Kier alpha value is -2.13. The number of hydrogen-bond donors (Lipinski definition) is 0.